The molecule has 0 bridgehead atoms. The average Bonchev–Trinajstić information content (AvgIpc) is 2.36. The molecule has 0 saturated carbocycles. The Balaban J connectivity index is 2.19. The summed E-state index contributed by atoms with van der Waals surface area (Å²) in [4.78, 5) is 5.08. The maximum absolute atomic E-state index is 2.38. The van der Waals surface area contributed by atoms with Gasteiger partial charge < -0.3 is 4.90 Å². The molecule has 1 aliphatic rings. The summed E-state index contributed by atoms with van der Waals surface area (Å²) in [6.07, 6.45) is 0. The lowest BCUT2D eigenvalue weighted by molar-refractivity contribution is 0.979. The van der Waals surface area contributed by atoms with Crippen LogP contribution in [0.5, 0.6) is 0 Å². The van der Waals surface area contributed by atoms with E-state index in [9.17, 15) is 0 Å². The summed E-state index contributed by atoms with van der Waals surface area (Å²) in [5.74, 6) is 0. The minimum absolute atomic E-state index is 1.01. The van der Waals surface area contributed by atoms with Crippen LogP contribution in [0.25, 0.3) is 0 Å². The van der Waals surface area contributed by atoms with Crippen molar-refractivity contribution in [3.63, 3.8) is 0 Å². The summed E-state index contributed by atoms with van der Waals surface area (Å²) in [7, 11) is 0. The molecule has 0 amide bonds. The maximum atomic E-state index is 2.38. The highest BCUT2D eigenvalue weighted by molar-refractivity contribution is 7.99. The van der Waals surface area contributed by atoms with E-state index in [4.69, 9.17) is 0 Å². The summed E-state index contributed by atoms with van der Waals surface area (Å²) in [5, 5.41) is 0. The number of benzene rings is 2. The van der Waals surface area contributed by atoms with E-state index in [-0.39, 0.29) is 0 Å². The van der Waals surface area contributed by atoms with Crippen LogP contribution in [0.2, 0.25) is 0 Å². The van der Waals surface area contributed by atoms with Gasteiger partial charge in [-0.25, -0.2) is 0 Å². The van der Waals surface area contributed by atoms with E-state index in [1.165, 1.54) is 21.2 Å². The Labute approximate surface area is 100 Å². The van der Waals surface area contributed by atoms with E-state index in [1.807, 2.05) is 11.8 Å². The lowest BCUT2D eigenvalue weighted by Gasteiger charge is -2.31. The Morgan fingerprint density at radius 1 is 0.875 bits per heavy atom. The van der Waals surface area contributed by atoms with Gasteiger partial charge in [0.15, 0.2) is 0 Å². The molecule has 0 fully saturated rings. The Morgan fingerprint density at radius 3 is 1.88 bits per heavy atom. The van der Waals surface area contributed by atoms with Gasteiger partial charge in [-0.2, -0.15) is 0 Å². The zero-order chi connectivity index (χ0) is 11.0. The van der Waals surface area contributed by atoms with Crippen LogP contribution < -0.4 is 4.90 Å². The molecular formula is C14H13NS. The molecule has 2 aromatic rings. The van der Waals surface area contributed by atoms with E-state index < -0.39 is 0 Å². The third-order valence-electron chi connectivity index (χ3n) is 2.85. The molecule has 0 aliphatic carbocycles. The minimum Gasteiger partial charge on any atom is -0.340 e. The number of anilines is 2. The first-order valence-electron chi connectivity index (χ1n) is 5.53. The van der Waals surface area contributed by atoms with E-state index in [0.717, 1.165) is 6.54 Å². The lowest BCUT2D eigenvalue weighted by Crippen LogP contribution is -2.19. The van der Waals surface area contributed by atoms with Crippen LogP contribution in [-0.4, -0.2) is 6.54 Å². The van der Waals surface area contributed by atoms with E-state index in [1.54, 1.807) is 0 Å². The first-order valence-corrected chi connectivity index (χ1v) is 6.35. The van der Waals surface area contributed by atoms with Crippen LogP contribution in [-0.2, 0) is 0 Å². The van der Waals surface area contributed by atoms with E-state index in [2.05, 4.69) is 60.4 Å². The third kappa shape index (κ3) is 1.41. The third-order valence-corrected chi connectivity index (χ3v) is 3.98. The van der Waals surface area contributed by atoms with Crippen molar-refractivity contribution in [1.82, 2.24) is 0 Å². The van der Waals surface area contributed by atoms with Gasteiger partial charge in [-0.1, -0.05) is 36.0 Å². The van der Waals surface area contributed by atoms with Crippen molar-refractivity contribution < 1.29 is 0 Å². The second kappa shape index (κ2) is 3.87. The average molecular weight is 227 g/mol. The Kier molecular flexibility index (Phi) is 2.37. The smallest absolute Gasteiger partial charge is 0.0552 e. The lowest BCUT2D eigenvalue weighted by atomic mass is 10.2. The number of rotatable bonds is 1. The van der Waals surface area contributed by atoms with Crippen molar-refractivity contribution in [2.75, 3.05) is 11.4 Å². The first kappa shape index (κ1) is 9.79. The van der Waals surface area contributed by atoms with Gasteiger partial charge in [0, 0.05) is 16.3 Å². The van der Waals surface area contributed by atoms with Crippen LogP contribution in [0, 0.1) is 0 Å². The van der Waals surface area contributed by atoms with Gasteiger partial charge in [-0.15, -0.1) is 0 Å². The molecule has 0 atom stereocenters. The van der Waals surface area contributed by atoms with Crippen LogP contribution in [0.15, 0.2) is 58.3 Å². The van der Waals surface area contributed by atoms with Gasteiger partial charge in [0.2, 0.25) is 0 Å². The number of para-hydroxylation sites is 2. The Morgan fingerprint density at radius 2 is 1.38 bits per heavy atom. The summed E-state index contributed by atoms with van der Waals surface area (Å²) in [6, 6.07) is 17.2. The monoisotopic (exact) mass is 227 g/mol. The maximum Gasteiger partial charge on any atom is 0.0552 e. The van der Waals surface area contributed by atoms with Crippen LogP contribution in [0.4, 0.5) is 11.4 Å². The second-order valence-corrected chi connectivity index (χ2v) is 4.87. The highest BCUT2D eigenvalue weighted by Crippen LogP contribution is 2.47. The van der Waals surface area contributed by atoms with Crippen LogP contribution >= 0.6 is 11.8 Å². The van der Waals surface area contributed by atoms with Gasteiger partial charge in [-0.3, -0.25) is 0 Å². The molecule has 2 aromatic carbocycles. The Hall–Kier alpha value is -1.41. The van der Waals surface area contributed by atoms with Crippen LogP contribution in [0.3, 0.4) is 0 Å². The number of hydrogen-bond acceptors (Lipinski definition) is 2. The normalized spacial score (nSPS) is 13.2. The van der Waals surface area contributed by atoms with Crippen molar-refractivity contribution >= 4 is 23.1 Å². The molecule has 0 radical (unpaired) electrons. The molecule has 80 valence electrons. The SMILES string of the molecule is CCN1c2ccccc2Sc2ccccc21. The highest BCUT2D eigenvalue weighted by atomic mass is 32.2. The van der Waals surface area contributed by atoms with Gasteiger partial charge in [-0.05, 0) is 31.2 Å². The molecule has 0 spiro atoms. The molecule has 3 rings (SSSR count). The minimum atomic E-state index is 1.01. The van der Waals surface area contributed by atoms with Gasteiger partial charge in [0.25, 0.3) is 0 Å². The van der Waals surface area contributed by atoms with Crippen molar-refractivity contribution in [1.29, 1.82) is 0 Å². The predicted octanol–water partition coefficient (Wildman–Crippen LogP) is 4.31. The summed E-state index contributed by atoms with van der Waals surface area (Å²) < 4.78 is 0. The molecule has 0 N–H and O–H groups in total. The zero-order valence-corrected chi connectivity index (χ0v) is 10.00. The number of fused-ring (bicyclic) bond motifs is 2. The second-order valence-electron chi connectivity index (χ2n) is 3.78. The molecule has 1 nitrogen and oxygen atoms in total. The fourth-order valence-electron chi connectivity index (χ4n) is 2.12. The van der Waals surface area contributed by atoms with Crippen molar-refractivity contribution in [3.05, 3.63) is 48.5 Å². The zero-order valence-electron chi connectivity index (χ0n) is 9.18. The first-order chi connectivity index (χ1) is 7.90. The molecule has 1 aliphatic heterocycles. The number of hydrogen-bond donors (Lipinski definition) is 0. The molecule has 1 heterocycles. The largest absolute Gasteiger partial charge is 0.340 e. The topological polar surface area (TPSA) is 3.24 Å². The summed E-state index contributed by atoms with van der Waals surface area (Å²) >= 11 is 1.86. The highest BCUT2D eigenvalue weighted by Gasteiger charge is 2.20. The fraction of sp³-hybridized carbons (Fsp3) is 0.143. The molecule has 16 heavy (non-hydrogen) atoms. The summed E-state index contributed by atoms with van der Waals surface area (Å²) in [6.45, 7) is 3.21. The Bertz CT molecular complexity index is 476. The molecule has 0 aromatic heterocycles. The quantitative estimate of drug-likeness (QED) is 0.714. The van der Waals surface area contributed by atoms with Crippen LogP contribution in [0.1, 0.15) is 6.92 Å². The molecule has 0 unspecified atom stereocenters. The van der Waals surface area contributed by atoms with Gasteiger partial charge in [0.05, 0.1) is 11.4 Å². The standard InChI is InChI=1S/C14H13NS/c1-2-15-11-7-3-5-9-13(11)16-14-10-6-4-8-12(14)15/h3-10H,2H2,1H3. The number of nitrogens with zero attached hydrogens (tertiary/aromatic N) is 1. The predicted molar refractivity (Wildman–Crippen MR) is 69.7 cm³/mol. The van der Waals surface area contributed by atoms with Gasteiger partial charge >= 0.3 is 0 Å². The van der Waals surface area contributed by atoms with Crippen molar-refractivity contribution in [2.24, 2.45) is 0 Å². The molecular weight excluding hydrogens is 214 g/mol. The molecule has 2 heteroatoms. The van der Waals surface area contributed by atoms with E-state index >= 15 is 0 Å². The molecule has 0 saturated heterocycles. The fourth-order valence-corrected chi connectivity index (χ4v) is 3.22. The summed E-state index contributed by atoms with van der Waals surface area (Å²) in [5.41, 5.74) is 2.66. The van der Waals surface area contributed by atoms with E-state index in [0.29, 0.717) is 0 Å². The van der Waals surface area contributed by atoms with Gasteiger partial charge in [0.1, 0.15) is 0 Å². The van der Waals surface area contributed by atoms with Crippen molar-refractivity contribution in [3.8, 4) is 0 Å². The van der Waals surface area contributed by atoms with Crippen molar-refractivity contribution in [2.45, 2.75) is 16.7 Å².